The van der Waals surface area contributed by atoms with E-state index in [0.717, 1.165) is 5.56 Å². The Balaban J connectivity index is 1.87. The van der Waals surface area contributed by atoms with Crippen molar-refractivity contribution in [2.75, 3.05) is 18.6 Å². The molecule has 0 bridgehead atoms. The number of carbonyl (C=O) groups excluding carboxylic acids is 1. The van der Waals surface area contributed by atoms with Crippen molar-refractivity contribution in [3.63, 3.8) is 0 Å². The molecule has 2 atom stereocenters. The molecular formula is C16H19F3N2O2. The summed E-state index contributed by atoms with van der Waals surface area (Å²) in [6.45, 7) is 0.384. The molecule has 1 fully saturated rings. The van der Waals surface area contributed by atoms with Gasteiger partial charge in [0.05, 0.1) is 13.0 Å². The number of hydrogen-bond donors (Lipinski definition) is 0. The molecule has 1 aliphatic carbocycles. The molecule has 23 heavy (non-hydrogen) atoms. The third kappa shape index (κ3) is 3.01. The third-order valence-corrected chi connectivity index (χ3v) is 4.77. The Kier molecular flexibility index (Phi) is 4.21. The molecule has 1 saturated carbocycles. The van der Waals surface area contributed by atoms with Crippen LogP contribution in [0.2, 0.25) is 0 Å². The number of fused-ring (bicyclic) bond motifs is 1. The Morgan fingerprint density at radius 2 is 2.04 bits per heavy atom. The molecule has 0 unspecified atom stereocenters. The molecule has 2 heterocycles. The number of carbonyl (C=O) groups is 1. The molecule has 1 aromatic heterocycles. The fourth-order valence-corrected chi connectivity index (χ4v) is 3.57. The number of methoxy groups -OCH3 is 1. The highest BCUT2D eigenvalue weighted by Gasteiger charge is 2.49. The van der Waals surface area contributed by atoms with Crippen molar-refractivity contribution in [2.45, 2.75) is 38.3 Å². The van der Waals surface area contributed by atoms with Crippen molar-refractivity contribution in [1.29, 1.82) is 0 Å². The maximum atomic E-state index is 13.2. The van der Waals surface area contributed by atoms with E-state index >= 15 is 0 Å². The van der Waals surface area contributed by atoms with Crippen LogP contribution in [-0.4, -0.2) is 30.7 Å². The first-order chi connectivity index (χ1) is 10.9. The molecule has 3 rings (SSSR count). The van der Waals surface area contributed by atoms with E-state index in [9.17, 15) is 18.0 Å². The lowest BCUT2D eigenvalue weighted by Gasteiger charge is -2.34. The van der Waals surface area contributed by atoms with Crippen LogP contribution in [0.5, 0.6) is 5.88 Å². The molecule has 4 nitrogen and oxygen atoms in total. The molecule has 1 aliphatic heterocycles. The van der Waals surface area contributed by atoms with Crippen LogP contribution in [0.15, 0.2) is 12.1 Å². The minimum absolute atomic E-state index is 0.0339. The lowest BCUT2D eigenvalue weighted by molar-refractivity contribution is -0.197. The Bertz CT molecular complexity index is 603. The summed E-state index contributed by atoms with van der Waals surface area (Å²) in [4.78, 5) is 18.4. The Hall–Kier alpha value is -1.79. The zero-order valence-corrected chi connectivity index (χ0v) is 12.9. The SMILES string of the molecule is COc1ccc2c(n1)N(C(=O)[C@@H]1CCCC[C@H]1C(F)(F)F)CC2. The van der Waals surface area contributed by atoms with Crippen molar-refractivity contribution in [1.82, 2.24) is 4.98 Å². The summed E-state index contributed by atoms with van der Waals surface area (Å²) in [5.41, 5.74) is 0.874. The number of halogens is 3. The van der Waals surface area contributed by atoms with Crippen LogP contribution in [0, 0.1) is 11.8 Å². The lowest BCUT2D eigenvalue weighted by Crippen LogP contribution is -2.44. The van der Waals surface area contributed by atoms with E-state index in [2.05, 4.69) is 4.98 Å². The summed E-state index contributed by atoms with van der Waals surface area (Å²) in [5, 5.41) is 0. The van der Waals surface area contributed by atoms with Crippen LogP contribution in [0.4, 0.5) is 19.0 Å². The molecule has 7 heteroatoms. The highest BCUT2D eigenvalue weighted by molar-refractivity contribution is 5.96. The molecule has 1 aromatic rings. The molecule has 126 valence electrons. The first-order valence-electron chi connectivity index (χ1n) is 7.84. The molecule has 0 N–H and O–H groups in total. The van der Waals surface area contributed by atoms with Gasteiger partial charge in [-0.2, -0.15) is 18.2 Å². The highest BCUT2D eigenvalue weighted by atomic mass is 19.4. The topological polar surface area (TPSA) is 42.4 Å². The minimum Gasteiger partial charge on any atom is -0.481 e. The number of pyridine rings is 1. The highest BCUT2D eigenvalue weighted by Crippen LogP contribution is 2.43. The van der Waals surface area contributed by atoms with Crippen LogP contribution < -0.4 is 9.64 Å². The first kappa shape index (κ1) is 16.1. The molecule has 0 aromatic carbocycles. The van der Waals surface area contributed by atoms with Gasteiger partial charge in [0.1, 0.15) is 5.82 Å². The number of amides is 1. The Labute approximate surface area is 132 Å². The summed E-state index contributed by atoms with van der Waals surface area (Å²) in [5.74, 6) is -2.19. The quantitative estimate of drug-likeness (QED) is 0.836. The van der Waals surface area contributed by atoms with Gasteiger partial charge in [0.2, 0.25) is 11.8 Å². The fraction of sp³-hybridized carbons (Fsp3) is 0.625. The van der Waals surface area contributed by atoms with Crippen molar-refractivity contribution in [2.24, 2.45) is 11.8 Å². The number of hydrogen-bond acceptors (Lipinski definition) is 3. The number of rotatable bonds is 2. The lowest BCUT2D eigenvalue weighted by atomic mass is 9.78. The normalized spacial score (nSPS) is 24.4. The summed E-state index contributed by atoms with van der Waals surface area (Å²) < 4.78 is 44.8. The maximum absolute atomic E-state index is 13.2. The van der Waals surface area contributed by atoms with Crippen LogP contribution in [0.25, 0.3) is 0 Å². The predicted molar refractivity (Wildman–Crippen MR) is 78.3 cm³/mol. The van der Waals surface area contributed by atoms with Crippen molar-refractivity contribution in [3.8, 4) is 5.88 Å². The number of nitrogens with zero attached hydrogens (tertiary/aromatic N) is 2. The van der Waals surface area contributed by atoms with Gasteiger partial charge in [-0.1, -0.05) is 12.8 Å². The van der Waals surface area contributed by atoms with Gasteiger partial charge in [-0.25, -0.2) is 0 Å². The molecule has 0 radical (unpaired) electrons. The molecule has 0 saturated heterocycles. The molecule has 1 amide bonds. The maximum Gasteiger partial charge on any atom is 0.392 e. The van der Waals surface area contributed by atoms with E-state index in [1.54, 1.807) is 6.07 Å². The minimum atomic E-state index is -4.33. The largest absolute Gasteiger partial charge is 0.481 e. The van der Waals surface area contributed by atoms with Crippen LogP contribution in [0.3, 0.4) is 0 Å². The first-order valence-corrected chi connectivity index (χ1v) is 7.84. The van der Waals surface area contributed by atoms with E-state index in [-0.39, 0.29) is 6.42 Å². The van der Waals surface area contributed by atoms with Gasteiger partial charge < -0.3 is 4.74 Å². The second kappa shape index (κ2) is 6.02. The van der Waals surface area contributed by atoms with E-state index in [1.807, 2.05) is 6.07 Å². The van der Waals surface area contributed by atoms with E-state index in [1.165, 1.54) is 12.0 Å². The predicted octanol–water partition coefficient (Wildman–Crippen LogP) is 3.35. The van der Waals surface area contributed by atoms with Gasteiger partial charge in [-0.05, 0) is 30.9 Å². The van der Waals surface area contributed by atoms with Gasteiger partial charge in [-0.15, -0.1) is 0 Å². The fourth-order valence-electron chi connectivity index (χ4n) is 3.57. The van der Waals surface area contributed by atoms with Crippen molar-refractivity contribution < 1.29 is 22.7 Å². The summed E-state index contributed by atoms with van der Waals surface area (Å²) in [7, 11) is 1.47. The molecule has 2 aliphatic rings. The van der Waals surface area contributed by atoms with Crippen molar-refractivity contribution >= 4 is 11.7 Å². The van der Waals surface area contributed by atoms with Gasteiger partial charge in [0, 0.05) is 18.5 Å². The monoisotopic (exact) mass is 328 g/mol. The van der Waals surface area contributed by atoms with Crippen LogP contribution in [0.1, 0.15) is 31.2 Å². The molecule has 0 spiro atoms. The molecular weight excluding hydrogens is 309 g/mol. The van der Waals surface area contributed by atoms with Gasteiger partial charge in [-0.3, -0.25) is 9.69 Å². The van der Waals surface area contributed by atoms with E-state index in [4.69, 9.17) is 4.74 Å². The van der Waals surface area contributed by atoms with E-state index < -0.39 is 23.9 Å². The van der Waals surface area contributed by atoms with Crippen molar-refractivity contribution in [3.05, 3.63) is 17.7 Å². The van der Waals surface area contributed by atoms with Crippen LogP contribution in [-0.2, 0) is 11.2 Å². The smallest absolute Gasteiger partial charge is 0.392 e. The number of aromatic nitrogens is 1. The average molecular weight is 328 g/mol. The Morgan fingerprint density at radius 3 is 2.74 bits per heavy atom. The number of alkyl halides is 3. The zero-order valence-electron chi connectivity index (χ0n) is 12.9. The summed E-state index contributed by atoms with van der Waals surface area (Å²) >= 11 is 0. The number of anilines is 1. The Morgan fingerprint density at radius 1 is 1.30 bits per heavy atom. The summed E-state index contributed by atoms with van der Waals surface area (Å²) in [6, 6.07) is 3.52. The number of ether oxygens (including phenoxy) is 1. The van der Waals surface area contributed by atoms with E-state index in [0.29, 0.717) is 43.9 Å². The van der Waals surface area contributed by atoms with Crippen LogP contribution >= 0.6 is 0 Å². The average Bonchev–Trinajstić information content (AvgIpc) is 2.96. The summed E-state index contributed by atoms with van der Waals surface area (Å²) in [6.07, 6.45) is -2.20. The second-order valence-corrected chi connectivity index (χ2v) is 6.12. The van der Waals surface area contributed by atoms with Gasteiger partial charge >= 0.3 is 6.18 Å². The van der Waals surface area contributed by atoms with Gasteiger partial charge in [0.15, 0.2) is 0 Å². The second-order valence-electron chi connectivity index (χ2n) is 6.12. The zero-order chi connectivity index (χ0) is 16.6. The third-order valence-electron chi connectivity index (χ3n) is 4.77. The standard InChI is InChI=1S/C16H19F3N2O2/c1-23-13-7-6-10-8-9-21(14(10)20-13)15(22)11-4-2-3-5-12(11)16(17,18)19/h6-7,11-12H,2-5,8-9H2,1H3/t11-,12-/m1/s1. The van der Waals surface area contributed by atoms with Gasteiger partial charge in [0.25, 0.3) is 0 Å².